The van der Waals surface area contributed by atoms with Gasteiger partial charge < -0.3 is 14.2 Å². The Hall–Kier alpha value is -3.03. The number of piperidine rings is 1. The Morgan fingerprint density at radius 1 is 1.00 bits per heavy atom. The number of methoxy groups -OCH3 is 2. The van der Waals surface area contributed by atoms with Crippen LogP contribution in [-0.2, 0) is 6.54 Å². The molecular weight excluding hydrogens is 518 g/mol. The second-order valence-electron chi connectivity index (χ2n) is 9.67. The van der Waals surface area contributed by atoms with Gasteiger partial charge in [0.2, 0.25) is 5.72 Å². The number of rotatable bonds is 5. The van der Waals surface area contributed by atoms with E-state index in [-0.39, 0.29) is 6.04 Å². The fourth-order valence-corrected chi connectivity index (χ4v) is 6.06. The summed E-state index contributed by atoms with van der Waals surface area (Å²) in [5, 5.41) is 7.48. The lowest BCUT2D eigenvalue weighted by Crippen LogP contribution is -2.59. The molecule has 1 saturated heterocycles. The Morgan fingerprint density at radius 2 is 1.81 bits per heavy atom. The van der Waals surface area contributed by atoms with E-state index >= 15 is 0 Å². The van der Waals surface area contributed by atoms with Crippen molar-refractivity contribution in [2.24, 2.45) is 5.10 Å². The molecular formula is C29H30BrN3O3. The molecule has 3 aliphatic heterocycles. The Morgan fingerprint density at radius 3 is 2.56 bits per heavy atom. The van der Waals surface area contributed by atoms with Gasteiger partial charge in [-0.2, -0.15) is 5.10 Å². The average Bonchev–Trinajstić information content (AvgIpc) is 3.37. The van der Waals surface area contributed by atoms with Crippen LogP contribution in [0.15, 0.2) is 76.3 Å². The van der Waals surface area contributed by atoms with Gasteiger partial charge in [0.05, 0.1) is 26.0 Å². The first-order chi connectivity index (χ1) is 17.6. The zero-order chi connectivity index (χ0) is 24.7. The minimum atomic E-state index is -0.458. The summed E-state index contributed by atoms with van der Waals surface area (Å²) >= 11 is 3.66. The predicted molar refractivity (Wildman–Crippen MR) is 144 cm³/mol. The van der Waals surface area contributed by atoms with Gasteiger partial charge in [-0.1, -0.05) is 46.3 Å². The van der Waals surface area contributed by atoms with E-state index in [1.807, 2.05) is 18.2 Å². The summed E-state index contributed by atoms with van der Waals surface area (Å²) in [4.78, 5) is 2.52. The number of ether oxygens (including phenoxy) is 3. The molecule has 6 rings (SSSR count). The highest BCUT2D eigenvalue weighted by atomic mass is 79.9. The van der Waals surface area contributed by atoms with E-state index in [1.54, 1.807) is 14.2 Å². The number of hydrazone groups is 1. The maximum Gasteiger partial charge on any atom is 0.200 e. The minimum absolute atomic E-state index is 0.119. The van der Waals surface area contributed by atoms with Crippen LogP contribution in [-0.4, -0.2) is 48.7 Å². The normalized spacial score (nSPS) is 20.4. The number of halogens is 1. The lowest BCUT2D eigenvalue weighted by atomic mass is 9.90. The maximum atomic E-state index is 6.83. The number of hydrogen-bond acceptors (Lipinski definition) is 6. The number of benzene rings is 3. The zero-order valence-electron chi connectivity index (χ0n) is 20.6. The van der Waals surface area contributed by atoms with Crippen molar-refractivity contribution in [3.63, 3.8) is 0 Å². The van der Waals surface area contributed by atoms with E-state index in [0.29, 0.717) is 0 Å². The van der Waals surface area contributed by atoms with Crippen molar-refractivity contribution in [1.29, 1.82) is 0 Å². The Labute approximate surface area is 220 Å². The molecule has 3 aliphatic rings. The largest absolute Gasteiger partial charge is 0.497 e. The molecule has 0 saturated carbocycles. The third-order valence-corrected chi connectivity index (χ3v) is 8.06. The molecule has 0 unspecified atom stereocenters. The van der Waals surface area contributed by atoms with Gasteiger partial charge in [-0.15, -0.1) is 0 Å². The van der Waals surface area contributed by atoms with E-state index in [0.717, 1.165) is 71.9 Å². The number of nitrogens with zero attached hydrogens (tertiary/aromatic N) is 3. The highest BCUT2D eigenvalue weighted by molar-refractivity contribution is 9.10. The molecule has 3 heterocycles. The molecule has 0 aromatic heterocycles. The van der Waals surface area contributed by atoms with E-state index in [1.165, 1.54) is 11.1 Å². The summed E-state index contributed by atoms with van der Waals surface area (Å²) in [6.07, 6.45) is 2.58. The molecule has 1 spiro atoms. The first-order valence-electron chi connectivity index (χ1n) is 12.4. The van der Waals surface area contributed by atoms with Gasteiger partial charge in [0.15, 0.2) is 0 Å². The van der Waals surface area contributed by atoms with Crippen LogP contribution in [0.2, 0.25) is 0 Å². The van der Waals surface area contributed by atoms with Crippen molar-refractivity contribution in [2.75, 3.05) is 27.3 Å². The van der Waals surface area contributed by atoms with Crippen LogP contribution in [0.4, 0.5) is 0 Å². The predicted octanol–water partition coefficient (Wildman–Crippen LogP) is 6.00. The highest BCUT2D eigenvalue weighted by Gasteiger charge is 2.52. The van der Waals surface area contributed by atoms with E-state index in [9.17, 15) is 0 Å². The van der Waals surface area contributed by atoms with Crippen molar-refractivity contribution >= 4 is 21.6 Å². The molecule has 0 bridgehead atoms. The van der Waals surface area contributed by atoms with Gasteiger partial charge in [0.25, 0.3) is 0 Å². The standard InChI is InChI=1S/C29H30BrN3O3/c1-34-22-9-10-23(28(17-22)35-2)25-18-26-24-16-21(30)8-11-27(24)36-29(33(26)31-25)12-14-32(15-13-29)19-20-6-4-3-5-7-20/h3-11,16-17,26H,12-15,18-19H2,1-2H3/t26-/m1/s1. The summed E-state index contributed by atoms with van der Waals surface area (Å²) < 4.78 is 19.0. The Balaban J connectivity index is 1.33. The van der Waals surface area contributed by atoms with E-state index in [2.05, 4.69) is 74.4 Å². The second-order valence-corrected chi connectivity index (χ2v) is 10.6. The van der Waals surface area contributed by atoms with Crippen LogP contribution < -0.4 is 14.2 Å². The Bertz CT molecular complexity index is 1290. The van der Waals surface area contributed by atoms with Crippen LogP contribution in [0.25, 0.3) is 0 Å². The molecule has 6 nitrogen and oxygen atoms in total. The quantitative estimate of drug-likeness (QED) is 0.392. The molecule has 0 radical (unpaired) electrons. The highest BCUT2D eigenvalue weighted by Crippen LogP contribution is 2.51. The summed E-state index contributed by atoms with van der Waals surface area (Å²) in [5.74, 6) is 2.51. The van der Waals surface area contributed by atoms with Crippen molar-refractivity contribution < 1.29 is 14.2 Å². The lowest BCUT2D eigenvalue weighted by molar-refractivity contribution is -0.150. The second kappa shape index (κ2) is 9.45. The summed E-state index contributed by atoms with van der Waals surface area (Å²) in [6.45, 7) is 2.88. The summed E-state index contributed by atoms with van der Waals surface area (Å²) in [7, 11) is 3.36. The monoisotopic (exact) mass is 547 g/mol. The maximum absolute atomic E-state index is 6.83. The summed E-state index contributed by atoms with van der Waals surface area (Å²) in [5.41, 5.74) is 4.08. The Kier molecular flexibility index (Phi) is 6.13. The third-order valence-electron chi connectivity index (χ3n) is 7.56. The van der Waals surface area contributed by atoms with Crippen LogP contribution in [0.1, 0.15) is 42.0 Å². The van der Waals surface area contributed by atoms with Crippen LogP contribution in [0.3, 0.4) is 0 Å². The van der Waals surface area contributed by atoms with Gasteiger partial charge in [-0.05, 0) is 35.9 Å². The smallest absolute Gasteiger partial charge is 0.200 e. The summed E-state index contributed by atoms with van der Waals surface area (Å²) in [6, 6.07) is 23.1. The van der Waals surface area contributed by atoms with Gasteiger partial charge in [-0.3, -0.25) is 4.90 Å². The van der Waals surface area contributed by atoms with Crippen molar-refractivity contribution in [1.82, 2.24) is 9.91 Å². The van der Waals surface area contributed by atoms with Crippen molar-refractivity contribution in [3.8, 4) is 17.2 Å². The van der Waals surface area contributed by atoms with Gasteiger partial charge in [0, 0.05) is 60.6 Å². The molecule has 3 aromatic carbocycles. The minimum Gasteiger partial charge on any atom is -0.497 e. The van der Waals surface area contributed by atoms with E-state index < -0.39 is 5.72 Å². The van der Waals surface area contributed by atoms with Gasteiger partial charge in [0.1, 0.15) is 17.2 Å². The number of likely N-dealkylation sites (tertiary alicyclic amines) is 1. The van der Waals surface area contributed by atoms with Crippen LogP contribution >= 0.6 is 15.9 Å². The first-order valence-corrected chi connectivity index (χ1v) is 13.2. The molecule has 7 heteroatoms. The number of fused-ring (bicyclic) bond motifs is 4. The fourth-order valence-electron chi connectivity index (χ4n) is 5.69. The molecule has 36 heavy (non-hydrogen) atoms. The lowest BCUT2D eigenvalue weighted by Gasteiger charge is -2.51. The molecule has 1 atom stereocenters. The topological polar surface area (TPSA) is 46.5 Å². The third kappa shape index (κ3) is 4.14. The number of hydrogen-bond donors (Lipinski definition) is 0. The zero-order valence-corrected chi connectivity index (χ0v) is 22.2. The molecule has 0 amide bonds. The molecule has 0 N–H and O–H groups in total. The van der Waals surface area contributed by atoms with Crippen molar-refractivity contribution in [3.05, 3.63) is 87.9 Å². The van der Waals surface area contributed by atoms with Crippen molar-refractivity contribution in [2.45, 2.75) is 37.6 Å². The fraction of sp³-hybridized carbons (Fsp3) is 0.345. The molecule has 0 aliphatic carbocycles. The molecule has 3 aromatic rings. The van der Waals surface area contributed by atoms with Gasteiger partial charge >= 0.3 is 0 Å². The van der Waals surface area contributed by atoms with E-state index in [4.69, 9.17) is 19.3 Å². The average molecular weight is 548 g/mol. The molecule has 1 fully saturated rings. The van der Waals surface area contributed by atoms with Crippen LogP contribution in [0.5, 0.6) is 17.2 Å². The first kappa shape index (κ1) is 23.4. The SMILES string of the molecule is COc1ccc(C2=NN3[C@H](C2)c2cc(Br)ccc2OC32CCN(Cc3ccccc3)CC2)c(OC)c1. The van der Waals surface area contributed by atoms with Gasteiger partial charge in [-0.25, -0.2) is 5.01 Å². The van der Waals surface area contributed by atoms with Crippen LogP contribution in [0, 0.1) is 0 Å². The molecule has 186 valence electrons.